The van der Waals surface area contributed by atoms with Crippen molar-refractivity contribution in [1.82, 2.24) is 0 Å². The third-order valence-electron chi connectivity index (χ3n) is 3.14. The second-order valence-corrected chi connectivity index (χ2v) is 5.45. The maximum Gasteiger partial charge on any atom is 0.159 e. The van der Waals surface area contributed by atoms with Gasteiger partial charge < -0.3 is 4.90 Å². The van der Waals surface area contributed by atoms with E-state index in [0.29, 0.717) is 11.3 Å². The standard InChI is InChI=1S/C14H20FNOS/c1-10(7-8-18-4)16(3)14-6-5-12(11(2)17)9-13(14)15/h5-6,9-10H,7-8H2,1-4H3. The molecule has 0 heterocycles. The van der Waals surface area contributed by atoms with Crippen LogP contribution in [0.1, 0.15) is 30.6 Å². The summed E-state index contributed by atoms with van der Waals surface area (Å²) in [5, 5.41) is 0. The highest BCUT2D eigenvalue weighted by Gasteiger charge is 2.14. The lowest BCUT2D eigenvalue weighted by atomic mass is 10.1. The van der Waals surface area contributed by atoms with Crippen LogP contribution < -0.4 is 4.90 Å². The van der Waals surface area contributed by atoms with E-state index in [2.05, 4.69) is 13.2 Å². The fourth-order valence-electron chi connectivity index (χ4n) is 1.73. The predicted molar refractivity (Wildman–Crippen MR) is 77.3 cm³/mol. The maximum absolute atomic E-state index is 13.9. The number of anilines is 1. The molecule has 0 saturated carbocycles. The lowest BCUT2D eigenvalue weighted by molar-refractivity contribution is 0.101. The molecular formula is C14H20FNOS. The smallest absolute Gasteiger partial charge is 0.159 e. The Morgan fingerprint density at radius 1 is 1.50 bits per heavy atom. The van der Waals surface area contributed by atoms with Crippen molar-refractivity contribution in [3.05, 3.63) is 29.6 Å². The number of rotatable bonds is 6. The summed E-state index contributed by atoms with van der Waals surface area (Å²) >= 11 is 1.79. The molecule has 0 bridgehead atoms. The van der Waals surface area contributed by atoms with E-state index in [-0.39, 0.29) is 17.6 Å². The van der Waals surface area contributed by atoms with Gasteiger partial charge in [-0.25, -0.2) is 4.39 Å². The fraction of sp³-hybridized carbons (Fsp3) is 0.500. The average Bonchev–Trinajstić information content (AvgIpc) is 2.34. The van der Waals surface area contributed by atoms with E-state index in [1.807, 2.05) is 11.9 Å². The van der Waals surface area contributed by atoms with Crippen molar-refractivity contribution in [1.29, 1.82) is 0 Å². The van der Waals surface area contributed by atoms with E-state index < -0.39 is 0 Å². The van der Waals surface area contributed by atoms with Crippen LogP contribution in [0.15, 0.2) is 18.2 Å². The number of carbonyl (C=O) groups excluding carboxylic acids is 1. The molecule has 1 rings (SSSR count). The molecular weight excluding hydrogens is 249 g/mol. The van der Waals surface area contributed by atoms with Gasteiger partial charge in [-0.3, -0.25) is 4.79 Å². The molecule has 18 heavy (non-hydrogen) atoms. The second-order valence-electron chi connectivity index (χ2n) is 4.46. The van der Waals surface area contributed by atoms with Crippen LogP contribution in [0.2, 0.25) is 0 Å². The molecule has 2 nitrogen and oxygen atoms in total. The quantitative estimate of drug-likeness (QED) is 0.736. The predicted octanol–water partition coefficient (Wildman–Crippen LogP) is 3.61. The number of hydrogen-bond donors (Lipinski definition) is 0. The van der Waals surface area contributed by atoms with Gasteiger partial charge in [-0.2, -0.15) is 11.8 Å². The van der Waals surface area contributed by atoms with Crippen LogP contribution in [0.4, 0.5) is 10.1 Å². The normalized spacial score (nSPS) is 12.3. The van der Waals surface area contributed by atoms with Crippen LogP contribution in [0.3, 0.4) is 0 Å². The first-order chi connectivity index (χ1) is 8.47. The van der Waals surface area contributed by atoms with E-state index in [4.69, 9.17) is 0 Å². The van der Waals surface area contributed by atoms with Crippen LogP contribution in [-0.4, -0.2) is 30.9 Å². The number of benzene rings is 1. The Morgan fingerprint density at radius 3 is 2.67 bits per heavy atom. The van der Waals surface area contributed by atoms with Crippen LogP contribution in [-0.2, 0) is 0 Å². The van der Waals surface area contributed by atoms with Gasteiger partial charge in [-0.1, -0.05) is 0 Å². The largest absolute Gasteiger partial charge is 0.369 e. The third kappa shape index (κ3) is 3.73. The number of ketones is 1. The monoisotopic (exact) mass is 269 g/mol. The maximum atomic E-state index is 13.9. The van der Waals surface area contributed by atoms with E-state index in [9.17, 15) is 9.18 Å². The summed E-state index contributed by atoms with van der Waals surface area (Å²) in [5.74, 6) is 0.610. The summed E-state index contributed by atoms with van der Waals surface area (Å²) in [5.41, 5.74) is 0.968. The van der Waals surface area contributed by atoms with Gasteiger partial charge in [0.15, 0.2) is 5.78 Å². The molecule has 0 aliphatic rings. The van der Waals surface area contributed by atoms with Crippen molar-refractivity contribution in [3.8, 4) is 0 Å². The Labute approximate surface area is 113 Å². The number of carbonyl (C=O) groups is 1. The van der Waals surface area contributed by atoms with Crippen LogP contribution in [0, 0.1) is 5.82 Å². The van der Waals surface area contributed by atoms with E-state index in [1.165, 1.54) is 13.0 Å². The van der Waals surface area contributed by atoms with E-state index in [0.717, 1.165) is 12.2 Å². The average molecular weight is 269 g/mol. The summed E-state index contributed by atoms with van der Waals surface area (Å²) in [6, 6.07) is 4.95. The summed E-state index contributed by atoms with van der Waals surface area (Å²) in [6.45, 7) is 3.52. The van der Waals surface area contributed by atoms with Gasteiger partial charge in [-0.05, 0) is 50.5 Å². The molecule has 1 atom stereocenters. The van der Waals surface area contributed by atoms with Gasteiger partial charge in [0.05, 0.1) is 5.69 Å². The van der Waals surface area contributed by atoms with Crippen molar-refractivity contribution in [2.45, 2.75) is 26.3 Å². The molecule has 0 aliphatic carbocycles. The molecule has 0 fully saturated rings. The van der Waals surface area contributed by atoms with Crippen molar-refractivity contribution in [2.24, 2.45) is 0 Å². The highest BCUT2D eigenvalue weighted by atomic mass is 32.2. The minimum Gasteiger partial charge on any atom is -0.369 e. The highest BCUT2D eigenvalue weighted by Crippen LogP contribution is 2.22. The van der Waals surface area contributed by atoms with E-state index in [1.54, 1.807) is 23.9 Å². The summed E-state index contributed by atoms with van der Waals surface area (Å²) < 4.78 is 13.9. The number of hydrogen-bond acceptors (Lipinski definition) is 3. The molecule has 1 aromatic rings. The first kappa shape index (κ1) is 15.0. The summed E-state index contributed by atoms with van der Waals surface area (Å²) in [4.78, 5) is 13.1. The molecule has 4 heteroatoms. The molecule has 0 saturated heterocycles. The Bertz CT molecular complexity index is 422. The molecule has 0 aliphatic heterocycles. The minimum absolute atomic E-state index is 0.112. The van der Waals surface area contributed by atoms with Gasteiger partial charge in [-0.15, -0.1) is 0 Å². The molecule has 0 N–H and O–H groups in total. The topological polar surface area (TPSA) is 20.3 Å². The lowest BCUT2D eigenvalue weighted by Crippen LogP contribution is -2.30. The Morgan fingerprint density at radius 2 is 2.17 bits per heavy atom. The minimum atomic E-state index is -0.332. The zero-order chi connectivity index (χ0) is 13.7. The first-order valence-electron chi connectivity index (χ1n) is 5.99. The molecule has 1 unspecified atom stereocenters. The van der Waals surface area contributed by atoms with Crippen molar-refractivity contribution in [3.63, 3.8) is 0 Å². The fourth-order valence-corrected chi connectivity index (χ4v) is 2.31. The van der Waals surface area contributed by atoms with Gasteiger partial charge in [0, 0.05) is 18.7 Å². The van der Waals surface area contributed by atoms with Crippen molar-refractivity contribution in [2.75, 3.05) is 24.0 Å². The molecule has 0 radical (unpaired) electrons. The highest BCUT2D eigenvalue weighted by molar-refractivity contribution is 7.98. The zero-order valence-electron chi connectivity index (χ0n) is 11.4. The van der Waals surface area contributed by atoms with Gasteiger partial charge in [0.2, 0.25) is 0 Å². The molecule has 0 spiro atoms. The van der Waals surface area contributed by atoms with Crippen LogP contribution >= 0.6 is 11.8 Å². The number of halogens is 1. The van der Waals surface area contributed by atoms with Crippen molar-refractivity contribution >= 4 is 23.2 Å². The van der Waals surface area contributed by atoms with Gasteiger partial charge >= 0.3 is 0 Å². The van der Waals surface area contributed by atoms with Crippen molar-refractivity contribution < 1.29 is 9.18 Å². The Balaban J connectivity index is 2.86. The Hall–Kier alpha value is -1.03. The zero-order valence-corrected chi connectivity index (χ0v) is 12.2. The van der Waals surface area contributed by atoms with E-state index >= 15 is 0 Å². The van der Waals surface area contributed by atoms with Crippen LogP contribution in [0.5, 0.6) is 0 Å². The number of thioether (sulfide) groups is 1. The summed E-state index contributed by atoms with van der Waals surface area (Å²) in [7, 11) is 1.89. The SMILES string of the molecule is CSCCC(C)N(C)c1ccc(C(C)=O)cc1F. The lowest BCUT2D eigenvalue weighted by Gasteiger charge is -2.27. The second kappa shape index (κ2) is 6.78. The molecule has 0 aromatic heterocycles. The molecule has 1 aromatic carbocycles. The Kier molecular flexibility index (Phi) is 5.66. The number of Topliss-reactive ketones (excluding diaryl/α,β-unsaturated/α-hetero) is 1. The first-order valence-corrected chi connectivity index (χ1v) is 7.39. The van der Waals surface area contributed by atoms with Crippen LogP contribution in [0.25, 0.3) is 0 Å². The van der Waals surface area contributed by atoms with Gasteiger partial charge in [0.25, 0.3) is 0 Å². The third-order valence-corrected chi connectivity index (χ3v) is 3.78. The number of nitrogens with zero attached hydrogens (tertiary/aromatic N) is 1. The summed E-state index contributed by atoms with van der Waals surface area (Å²) in [6.07, 6.45) is 3.07. The molecule has 100 valence electrons. The molecule has 0 amide bonds. The van der Waals surface area contributed by atoms with Gasteiger partial charge in [0.1, 0.15) is 5.82 Å².